The van der Waals surface area contributed by atoms with Crippen molar-refractivity contribution in [3.8, 4) is 11.8 Å². The van der Waals surface area contributed by atoms with Gasteiger partial charge in [0.15, 0.2) is 5.78 Å². The molecule has 0 heterocycles. The number of rotatable bonds is 7. The maximum Gasteiger partial charge on any atom is 0.407 e. The van der Waals surface area contributed by atoms with Crippen LogP contribution in [0.1, 0.15) is 54.7 Å². The Bertz CT molecular complexity index is 1030. The minimum Gasteiger partial charge on any atom is -0.444 e. The third-order valence-corrected chi connectivity index (χ3v) is 4.56. The summed E-state index contributed by atoms with van der Waals surface area (Å²) in [5.41, 5.74) is 2.50. The van der Waals surface area contributed by atoms with Gasteiger partial charge in [0.1, 0.15) is 18.2 Å². The Balaban J connectivity index is 2.00. The monoisotopic (exact) mass is 450 g/mol. The minimum absolute atomic E-state index is 0.208. The quantitative estimate of drug-likeness (QED) is 0.563. The van der Waals surface area contributed by atoms with Gasteiger partial charge in [0.2, 0.25) is 0 Å². The number of amides is 2. The number of aryl methyl sites for hydroxylation is 1. The highest BCUT2D eigenvalue weighted by Gasteiger charge is 2.23. The molecule has 174 valence electrons. The second-order valence-electron chi connectivity index (χ2n) is 8.41. The van der Waals surface area contributed by atoms with Crippen molar-refractivity contribution in [3.05, 3.63) is 70.8 Å². The lowest BCUT2D eigenvalue weighted by atomic mass is 10.1. The number of benzene rings is 2. The maximum absolute atomic E-state index is 12.6. The molecule has 0 aliphatic heterocycles. The fourth-order valence-electron chi connectivity index (χ4n) is 2.77. The van der Waals surface area contributed by atoms with Crippen LogP contribution in [-0.4, -0.2) is 47.7 Å². The van der Waals surface area contributed by atoms with Crippen LogP contribution in [0.25, 0.3) is 0 Å². The van der Waals surface area contributed by atoms with Gasteiger partial charge in [-0.05, 0) is 69.2 Å². The van der Waals surface area contributed by atoms with Crippen LogP contribution in [0.5, 0.6) is 0 Å². The van der Waals surface area contributed by atoms with Crippen LogP contribution in [0.2, 0.25) is 0 Å². The third-order valence-electron chi connectivity index (χ3n) is 4.56. The van der Waals surface area contributed by atoms with Crippen LogP contribution < -0.4 is 10.6 Å². The molecule has 0 aliphatic carbocycles. The van der Waals surface area contributed by atoms with Gasteiger partial charge in [-0.25, -0.2) is 4.79 Å². The van der Waals surface area contributed by atoms with Crippen molar-refractivity contribution in [1.29, 1.82) is 0 Å². The Labute approximate surface area is 194 Å². The van der Waals surface area contributed by atoms with E-state index in [1.165, 1.54) is 5.56 Å². The molecule has 2 aromatic rings. The lowest BCUT2D eigenvalue weighted by Crippen LogP contribution is -2.50. The van der Waals surface area contributed by atoms with Gasteiger partial charge in [-0.2, -0.15) is 0 Å². The Morgan fingerprint density at radius 1 is 0.970 bits per heavy atom. The van der Waals surface area contributed by atoms with Crippen LogP contribution >= 0.6 is 0 Å². The molecular formula is C26H30N2O5. The van der Waals surface area contributed by atoms with Crippen LogP contribution in [0, 0.1) is 11.8 Å². The van der Waals surface area contributed by atoms with Gasteiger partial charge in [0, 0.05) is 23.2 Å². The van der Waals surface area contributed by atoms with E-state index in [9.17, 15) is 19.5 Å². The summed E-state index contributed by atoms with van der Waals surface area (Å²) in [6.07, 6.45) is 0.249. The molecule has 0 saturated heterocycles. The number of nitrogens with one attached hydrogen (secondary N) is 2. The lowest BCUT2D eigenvalue weighted by Gasteiger charge is -2.22. The second-order valence-corrected chi connectivity index (χ2v) is 8.41. The molecule has 0 radical (unpaired) electrons. The molecule has 7 heteroatoms. The zero-order chi connectivity index (χ0) is 24.4. The Kier molecular flexibility index (Phi) is 9.19. The van der Waals surface area contributed by atoms with Gasteiger partial charge in [-0.3, -0.25) is 9.59 Å². The van der Waals surface area contributed by atoms with Gasteiger partial charge >= 0.3 is 6.09 Å². The molecule has 3 N–H and O–H groups in total. The molecule has 0 saturated carbocycles. The predicted molar refractivity (Wildman–Crippen MR) is 126 cm³/mol. The fourth-order valence-corrected chi connectivity index (χ4v) is 2.77. The van der Waals surface area contributed by atoms with Crippen molar-refractivity contribution in [2.24, 2.45) is 0 Å². The first-order valence-electron chi connectivity index (χ1n) is 10.7. The average Bonchev–Trinajstić information content (AvgIpc) is 2.79. The Morgan fingerprint density at radius 3 is 2.00 bits per heavy atom. The molecule has 0 spiro atoms. The third kappa shape index (κ3) is 8.79. The number of aliphatic hydroxyl groups is 1. The highest BCUT2D eigenvalue weighted by atomic mass is 16.6. The van der Waals surface area contributed by atoms with Crippen molar-refractivity contribution >= 4 is 17.8 Å². The standard InChI is InChI=1S/C26H30N2O5/c1-5-18-6-8-19(9-7-18)10-11-20-12-14-21(15-13-20)24(31)28-22(23(30)17-29)16-27-25(32)33-26(2,3)4/h6-9,12-15,22,29H,5,16-17H2,1-4H3,(H,27,32)(H,28,31)/t22-/m0/s1. The molecule has 0 unspecified atom stereocenters. The first-order valence-corrected chi connectivity index (χ1v) is 10.7. The molecule has 0 bridgehead atoms. The van der Waals surface area contributed by atoms with Crippen LogP contribution in [0.4, 0.5) is 4.79 Å². The van der Waals surface area contributed by atoms with Crippen LogP contribution in [-0.2, 0) is 16.0 Å². The first-order chi connectivity index (χ1) is 15.6. The second kappa shape index (κ2) is 11.8. The number of ketones is 1. The van der Waals surface area contributed by atoms with E-state index in [-0.39, 0.29) is 6.54 Å². The van der Waals surface area contributed by atoms with E-state index in [1.807, 2.05) is 24.3 Å². The zero-order valence-corrected chi connectivity index (χ0v) is 19.4. The van der Waals surface area contributed by atoms with Crippen LogP contribution in [0.3, 0.4) is 0 Å². The molecular weight excluding hydrogens is 420 g/mol. The summed E-state index contributed by atoms with van der Waals surface area (Å²) >= 11 is 0. The number of carbonyl (C=O) groups excluding carboxylic acids is 3. The van der Waals surface area contributed by atoms with E-state index in [0.717, 1.165) is 17.5 Å². The largest absolute Gasteiger partial charge is 0.444 e. The molecule has 0 aliphatic rings. The first kappa shape index (κ1) is 25.6. The van der Waals surface area contributed by atoms with Crippen molar-refractivity contribution in [3.63, 3.8) is 0 Å². The summed E-state index contributed by atoms with van der Waals surface area (Å²) < 4.78 is 5.12. The Morgan fingerprint density at radius 2 is 1.52 bits per heavy atom. The summed E-state index contributed by atoms with van der Waals surface area (Å²) in [4.78, 5) is 36.4. The topological polar surface area (TPSA) is 105 Å². The number of alkyl carbamates (subject to hydrolysis) is 1. The van der Waals surface area contributed by atoms with Crippen molar-refractivity contribution in [2.75, 3.05) is 13.2 Å². The van der Waals surface area contributed by atoms with E-state index in [4.69, 9.17) is 4.74 Å². The maximum atomic E-state index is 12.6. The van der Waals surface area contributed by atoms with Gasteiger partial charge in [-0.1, -0.05) is 30.9 Å². The van der Waals surface area contributed by atoms with E-state index in [2.05, 4.69) is 29.4 Å². The van der Waals surface area contributed by atoms with Gasteiger partial charge in [-0.15, -0.1) is 0 Å². The summed E-state index contributed by atoms with van der Waals surface area (Å²) in [5, 5.41) is 14.2. The summed E-state index contributed by atoms with van der Waals surface area (Å²) in [7, 11) is 0. The predicted octanol–water partition coefficient (Wildman–Crippen LogP) is 2.83. The van der Waals surface area contributed by atoms with E-state index in [1.54, 1.807) is 45.0 Å². The average molecular weight is 451 g/mol. The number of Topliss-reactive ketones (excluding diaryl/α,β-unsaturated/α-hetero) is 1. The smallest absolute Gasteiger partial charge is 0.407 e. The van der Waals surface area contributed by atoms with Crippen molar-refractivity contribution in [2.45, 2.75) is 45.8 Å². The van der Waals surface area contributed by atoms with Gasteiger partial charge in [0.05, 0.1) is 0 Å². The molecule has 2 aromatic carbocycles. The number of carbonyl (C=O) groups is 3. The lowest BCUT2D eigenvalue weighted by molar-refractivity contribution is -0.123. The van der Waals surface area contributed by atoms with E-state index < -0.39 is 36.0 Å². The minimum atomic E-state index is -1.10. The molecule has 2 amide bonds. The molecule has 0 fully saturated rings. The zero-order valence-electron chi connectivity index (χ0n) is 19.4. The molecule has 0 aromatic heterocycles. The number of hydrogen-bond donors (Lipinski definition) is 3. The van der Waals surface area contributed by atoms with E-state index in [0.29, 0.717) is 5.56 Å². The molecule has 33 heavy (non-hydrogen) atoms. The number of ether oxygens (including phenoxy) is 1. The molecule has 1 atom stereocenters. The number of aliphatic hydroxyl groups excluding tert-OH is 1. The van der Waals surface area contributed by atoms with Crippen LogP contribution in [0.15, 0.2) is 48.5 Å². The fraction of sp³-hybridized carbons (Fsp3) is 0.346. The Hall–Kier alpha value is -3.63. The highest BCUT2D eigenvalue weighted by Crippen LogP contribution is 2.08. The van der Waals surface area contributed by atoms with Crippen molar-refractivity contribution in [1.82, 2.24) is 10.6 Å². The van der Waals surface area contributed by atoms with Gasteiger partial charge in [0.25, 0.3) is 5.91 Å². The van der Waals surface area contributed by atoms with Gasteiger partial charge < -0.3 is 20.5 Å². The molecule has 7 nitrogen and oxygen atoms in total. The summed E-state index contributed by atoms with van der Waals surface area (Å²) in [5.74, 6) is 5.00. The SMILES string of the molecule is CCc1ccc(C#Cc2ccc(C(=O)N[C@@H](CNC(=O)OC(C)(C)C)C(=O)CO)cc2)cc1. The summed E-state index contributed by atoms with van der Waals surface area (Å²) in [6, 6.07) is 13.5. The highest BCUT2D eigenvalue weighted by molar-refractivity contribution is 5.98. The summed E-state index contributed by atoms with van der Waals surface area (Å²) in [6.45, 7) is 6.25. The van der Waals surface area contributed by atoms with Crippen molar-refractivity contribution < 1.29 is 24.2 Å². The number of hydrogen-bond acceptors (Lipinski definition) is 5. The normalized spacial score (nSPS) is 11.5. The molecule has 2 rings (SSSR count). The van der Waals surface area contributed by atoms with E-state index >= 15 is 0 Å².